The summed E-state index contributed by atoms with van der Waals surface area (Å²) < 4.78 is 5.14. The minimum atomic E-state index is -0.557. The van der Waals surface area contributed by atoms with Gasteiger partial charge in [-0.25, -0.2) is 15.0 Å². The Bertz CT molecular complexity index is 884. The molecule has 0 bridgehead atoms. The molecule has 0 saturated heterocycles. The summed E-state index contributed by atoms with van der Waals surface area (Å²) in [6, 6.07) is 10.9. The van der Waals surface area contributed by atoms with Crippen molar-refractivity contribution in [3.63, 3.8) is 0 Å². The third-order valence-electron chi connectivity index (χ3n) is 3.64. The average molecular weight is 350 g/mol. The lowest BCUT2D eigenvalue weighted by Gasteiger charge is -2.12. The first-order chi connectivity index (χ1) is 12.7. The van der Waals surface area contributed by atoms with E-state index in [1.54, 1.807) is 25.4 Å². The van der Waals surface area contributed by atoms with Gasteiger partial charge in [-0.15, -0.1) is 0 Å². The van der Waals surface area contributed by atoms with Gasteiger partial charge in [0.1, 0.15) is 17.9 Å². The number of ether oxygens (including phenoxy) is 1. The molecule has 0 aliphatic rings. The largest absolute Gasteiger partial charge is 0.497 e. The summed E-state index contributed by atoms with van der Waals surface area (Å²) in [7, 11) is 1.61. The van der Waals surface area contributed by atoms with Crippen molar-refractivity contribution < 1.29 is 9.53 Å². The number of rotatable bonds is 7. The molecule has 1 aromatic carbocycles. The quantitative estimate of drug-likeness (QED) is 0.599. The fraction of sp³-hybridized carbons (Fsp3) is 0.111. The number of benzene rings is 1. The van der Waals surface area contributed by atoms with Crippen LogP contribution < -0.4 is 21.1 Å². The van der Waals surface area contributed by atoms with E-state index < -0.39 is 5.91 Å². The van der Waals surface area contributed by atoms with Crippen LogP contribution >= 0.6 is 0 Å². The molecule has 2 aromatic heterocycles. The molecule has 4 N–H and O–H groups in total. The van der Waals surface area contributed by atoms with Gasteiger partial charge in [-0.1, -0.05) is 0 Å². The van der Waals surface area contributed by atoms with Gasteiger partial charge in [0.2, 0.25) is 0 Å². The van der Waals surface area contributed by atoms with Crippen LogP contribution in [0.2, 0.25) is 0 Å². The van der Waals surface area contributed by atoms with Gasteiger partial charge in [0, 0.05) is 24.1 Å². The standard InChI is InChI=1S/C18H18N6O2/c1-26-14-4-2-12(3-5-14)24-17-8-16(15(10-22-17)18(19)25)21-9-13-6-7-20-11-23-13/h2-8,10-11H,9H2,1H3,(H2,19,25)(H2,21,22,24). The van der Waals surface area contributed by atoms with E-state index in [9.17, 15) is 4.79 Å². The molecule has 0 spiro atoms. The SMILES string of the molecule is COc1ccc(Nc2cc(NCc3ccncn3)c(C(N)=O)cn2)cc1. The van der Waals surface area contributed by atoms with Gasteiger partial charge in [0.25, 0.3) is 5.91 Å². The predicted molar refractivity (Wildman–Crippen MR) is 98.4 cm³/mol. The monoisotopic (exact) mass is 350 g/mol. The fourth-order valence-corrected chi connectivity index (χ4v) is 2.30. The number of aromatic nitrogens is 3. The number of pyridine rings is 1. The summed E-state index contributed by atoms with van der Waals surface area (Å²) in [6.07, 6.45) is 4.56. The molecule has 0 aliphatic carbocycles. The lowest BCUT2D eigenvalue weighted by Crippen LogP contribution is -2.15. The van der Waals surface area contributed by atoms with Crippen molar-refractivity contribution in [1.29, 1.82) is 0 Å². The van der Waals surface area contributed by atoms with Crippen LogP contribution in [0.25, 0.3) is 0 Å². The number of hydrogen-bond acceptors (Lipinski definition) is 7. The Balaban J connectivity index is 1.79. The second-order valence-electron chi connectivity index (χ2n) is 5.39. The van der Waals surface area contributed by atoms with Gasteiger partial charge in [0.05, 0.1) is 30.6 Å². The molecule has 3 aromatic rings. The molecule has 0 unspecified atom stereocenters. The smallest absolute Gasteiger partial charge is 0.252 e. The van der Waals surface area contributed by atoms with E-state index in [1.165, 1.54) is 12.5 Å². The summed E-state index contributed by atoms with van der Waals surface area (Å²) in [6.45, 7) is 0.425. The van der Waals surface area contributed by atoms with Crippen molar-refractivity contribution in [3.8, 4) is 5.75 Å². The maximum absolute atomic E-state index is 11.7. The molecule has 26 heavy (non-hydrogen) atoms. The Morgan fingerprint density at radius 2 is 2.00 bits per heavy atom. The van der Waals surface area contributed by atoms with Crippen molar-refractivity contribution >= 4 is 23.1 Å². The highest BCUT2D eigenvalue weighted by atomic mass is 16.5. The Morgan fingerprint density at radius 1 is 1.19 bits per heavy atom. The van der Waals surface area contributed by atoms with E-state index in [0.29, 0.717) is 23.6 Å². The van der Waals surface area contributed by atoms with Gasteiger partial charge >= 0.3 is 0 Å². The zero-order chi connectivity index (χ0) is 18.4. The van der Waals surface area contributed by atoms with Crippen molar-refractivity contribution in [2.24, 2.45) is 5.73 Å². The summed E-state index contributed by atoms with van der Waals surface area (Å²) >= 11 is 0. The van der Waals surface area contributed by atoms with E-state index in [4.69, 9.17) is 10.5 Å². The van der Waals surface area contributed by atoms with Crippen LogP contribution in [-0.2, 0) is 6.54 Å². The van der Waals surface area contributed by atoms with Crippen LogP contribution in [0.3, 0.4) is 0 Å². The second-order valence-corrected chi connectivity index (χ2v) is 5.39. The average Bonchev–Trinajstić information content (AvgIpc) is 2.68. The maximum atomic E-state index is 11.7. The summed E-state index contributed by atoms with van der Waals surface area (Å²) in [5.41, 5.74) is 7.94. The predicted octanol–water partition coefficient (Wildman–Crippen LogP) is 2.33. The highest BCUT2D eigenvalue weighted by Crippen LogP contribution is 2.23. The number of hydrogen-bond donors (Lipinski definition) is 3. The fourth-order valence-electron chi connectivity index (χ4n) is 2.30. The van der Waals surface area contributed by atoms with Gasteiger partial charge in [0.15, 0.2) is 0 Å². The summed E-state index contributed by atoms with van der Waals surface area (Å²) in [5, 5.41) is 6.34. The maximum Gasteiger partial charge on any atom is 0.252 e. The molecular weight excluding hydrogens is 332 g/mol. The van der Waals surface area contributed by atoms with Crippen molar-refractivity contribution in [2.45, 2.75) is 6.54 Å². The molecule has 0 fully saturated rings. The molecular formula is C18H18N6O2. The van der Waals surface area contributed by atoms with Crippen molar-refractivity contribution in [2.75, 3.05) is 17.7 Å². The third-order valence-corrected chi connectivity index (χ3v) is 3.64. The number of anilines is 3. The Hall–Kier alpha value is -3.68. The van der Waals surface area contributed by atoms with Crippen molar-refractivity contribution in [1.82, 2.24) is 15.0 Å². The van der Waals surface area contributed by atoms with Gasteiger partial charge in [-0.3, -0.25) is 4.79 Å². The number of primary amides is 1. The van der Waals surface area contributed by atoms with E-state index in [-0.39, 0.29) is 0 Å². The number of carbonyl (C=O) groups excluding carboxylic acids is 1. The van der Waals surface area contributed by atoms with Crippen LogP contribution in [-0.4, -0.2) is 28.0 Å². The van der Waals surface area contributed by atoms with Crippen LogP contribution in [0.15, 0.2) is 55.1 Å². The molecule has 0 radical (unpaired) electrons. The second kappa shape index (κ2) is 7.93. The van der Waals surface area contributed by atoms with Crippen LogP contribution in [0.4, 0.5) is 17.2 Å². The van der Waals surface area contributed by atoms with E-state index >= 15 is 0 Å². The minimum Gasteiger partial charge on any atom is -0.497 e. The molecule has 0 saturated carbocycles. The Morgan fingerprint density at radius 3 is 2.65 bits per heavy atom. The molecule has 8 heteroatoms. The van der Waals surface area contributed by atoms with E-state index in [1.807, 2.05) is 24.3 Å². The Kier molecular flexibility index (Phi) is 5.23. The number of nitrogens with two attached hydrogens (primary N) is 1. The Labute approximate surface area is 150 Å². The molecule has 2 heterocycles. The molecule has 0 aliphatic heterocycles. The zero-order valence-electron chi connectivity index (χ0n) is 14.1. The molecule has 132 valence electrons. The highest BCUT2D eigenvalue weighted by molar-refractivity contribution is 5.98. The van der Waals surface area contributed by atoms with Crippen LogP contribution in [0.1, 0.15) is 16.1 Å². The normalized spacial score (nSPS) is 10.2. The van der Waals surface area contributed by atoms with Gasteiger partial charge in [-0.05, 0) is 30.3 Å². The van der Waals surface area contributed by atoms with Crippen molar-refractivity contribution in [3.05, 3.63) is 66.4 Å². The first-order valence-corrected chi connectivity index (χ1v) is 7.85. The highest BCUT2D eigenvalue weighted by Gasteiger charge is 2.11. The number of methoxy groups -OCH3 is 1. The van der Waals surface area contributed by atoms with Gasteiger partial charge in [-0.2, -0.15) is 0 Å². The summed E-state index contributed by atoms with van der Waals surface area (Å²) in [5.74, 6) is 0.781. The number of carbonyl (C=O) groups is 1. The zero-order valence-corrected chi connectivity index (χ0v) is 14.1. The van der Waals surface area contributed by atoms with Crippen LogP contribution in [0, 0.1) is 0 Å². The number of nitrogens with one attached hydrogen (secondary N) is 2. The van der Waals surface area contributed by atoms with Gasteiger partial charge < -0.3 is 21.1 Å². The van der Waals surface area contributed by atoms with E-state index in [2.05, 4.69) is 25.6 Å². The summed E-state index contributed by atoms with van der Waals surface area (Å²) in [4.78, 5) is 23.9. The first-order valence-electron chi connectivity index (χ1n) is 7.85. The molecule has 8 nitrogen and oxygen atoms in total. The molecule has 1 amide bonds. The molecule has 0 atom stereocenters. The topological polar surface area (TPSA) is 115 Å². The van der Waals surface area contributed by atoms with Crippen LogP contribution in [0.5, 0.6) is 5.75 Å². The number of nitrogens with zero attached hydrogens (tertiary/aromatic N) is 3. The first kappa shape index (κ1) is 17.2. The lowest BCUT2D eigenvalue weighted by atomic mass is 10.2. The number of amides is 1. The third kappa shape index (κ3) is 4.23. The molecule has 3 rings (SSSR count). The minimum absolute atomic E-state index is 0.305. The lowest BCUT2D eigenvalue weighted by molar-refractivity contribution is 0.100. The van der Waals surface area contributed by atoms with E-state index in [0.717, 1.165) is 17.1 Å².